The summed E-state index contributed by atoms with van der Waals surface area (Å²) in [6, 6.07) is 1.48. The zero-order valence-electron chi connectivity index (χ0n) is 12.0. The maximum Gasteiger partial charge on any atom is 0.331 e. The van der Waals surface area contributed by atoms with Gasteiger partial charge >= 0.3 is 5.69 Å². The molecule has 7 nitrogen and oxygen atoms in total. The molecule has 1 aromatic rings. The number of pyridine rings is 1. The van der Waals surface area contributed by atoms with Gasteiger partial charge in [-0.25, -0.2) is 4.98 Å². The lowest BCUT2D eigenvalue weighted by Crippen LogP contribution is -2.41. The number of piperidine rings is 1. The molecule has 21 heavy (non-hydrogen) atoms. The number of nitrogens with zero attached hydrogens (tertiary/aromatic N) is 2. The fourth-order valence-electron chi connectivity index (χ4n) is 3.03. The molecule has 0 aromatic carbocycles. The average molecular weight is 293 g/mol. The Bertz CT molecular complexity index is 543. The van der Waals surface area contributed by atoms with Crippen LogP contribution >= 0.6 is 0 Å². The quantitative estimate of drug-likeness (QED) is 0.672. The van der Waals surface area contributed by atoms with Gasteiger partial charge in [0, 0.05) is 18.7 Å². The van der Waals surface area contributed by atoms with E-state index in [1.807, 2.05) is 0 Å². The van der Waals surface area contributed by atoms with Crippen LogP contribution in [0.15, 0.2) is 12.3 Å². The minimum atomic E-state index is -0.453. The smallest absolute Gasteiger partial charge is 0.331 e. The summed E-state index contributed by atoms with van der Waals surface area (Å²) in [5.74, 6) is 0.0881. The highest BCUT2D eigenvalue weighted by molar-refractivity contribution is 5.42. The molecule has 2 aliphatic rings. The van der Waals surface area contributed by atoms with E-state index in [0.717, 1.165) is 37.9 Å². The lowest BCUT2D eigenvalue weighted by molar-refractivity contribution is -0.386. The topological polar surface area (TPSA) is 86.5 Å². The van der Waals surface area contributed by atoms with Crippen molar-refractivity contribution in [1.29, 1.82) is 0 Å². The second-order valence-corrected chi connectivity index (χ2v) is 5.78. The summed E-state index contributed by atoms with van der Waals surface area (Å²) < 4.78 is 11.7. The summed E-state index contributed by atoms with van der Waals surface area (Å²) in [6.07, 6.45) is 4.09. The molecular weight excluding hydrogens is 274 g/mol. The molecule has 0 amide bonds. The zero-order valence-corrected chi connectivity index (χ0v) is 12.0. The molecule has 2 saturated heterocycles. The van der Waals surface area contributed by atoms with Crippen LogP contribution in [-0.4, -0.2) is 41.3 Å². The predicted molar refractivity (Wildman–Crippen MR) is 75.4 cm³/mol. The molecule has 1 N–H and O–H groups in total. The second kappa shape index (κ2) is 5.57. The Balaban J connectivity index is 1.72. The maximum atomic E-state index is 11.1. The van der Waals surface area contributed by atoms with Crippen LogP contribution in [0.25, 0.3) is 0 Å². The van der Waals surface area contributed by atoms with Gasteiger partial charge in [0.25, 0.3) is 5.88 Å². The van der Waals surface area contributed by atoms with Crippen molar-refractivity contribution in [3.05, 3.63) is 27.9 Å². The van der Waals surface area contributed by atoms with E-state index < -0.39 is 4.92 Å². The summed E-state index contributed by atoms with van der Waals surface area (Å²) in [6.45, 7) is 4.12. The van der Waals surface area contributed by atoms with Gasteiger partial charge < -0.3 is 14.8 Å². The molecule has 1 spiro atoms. The molecule has 7 heteroatoms. The predicted octanol–water partition coefficient (Wildman–Crippen LogP) is 1.59. The third kappa shape index (κ3) is 2.98. The Hall–Kier alpha value is -1.73. The molecule has 3 rings (SSSR count). The fourth-order valence-corrected chi connectivity index (χ4v) is 3.03. The minimum Gasteiger partial charge on any atom is -0.467 e. The number of aryl methyl sites for hydroxylation is 1. The summed E-state index contributed by atoms with van der Waals surface area (Å²) in [5, 5.41) is 14.4. The van der Waals surface area contributed by atoms with E-state index in [4.69, 9.17) is 9.47 Å². The van der Waals surface area contributed by atoms with Crippen LogP contribution in [-0.2, 0) is 4.74 Å². The maximum absolute atomic E-state index is 11.1. The molecule has 3 heterocycles. The van der Waals surface area contributed by atoms with Crippen molar-refractivity contribution in [2.75, 3.05) is 19.7 Å². The molecule has 0 saturated carbocycles. The lowest BCUT2D eigenvalue weighted by atomic mass is 9.89. The molecule has 114 valence electrons. The van der Waals surface area contributed by atoms with E-state index in [0.29, 0.717) is 6.61 Å². The number of aromatic nitrogens is 1. The number of hydrogen-bond donors (Lipinski definition) is 1. The van der Waals surface area contributed by atoms with Crippen LogP contribution in [0.1, 0.15) is 24.8 Å². The van der Waals surface area contributed by atoms with Crippen LogP contribution in [0.3, 0.4) is 0 Å². The lowest BCUT2D eigenvalue weighted by Gasteiger charge is -2.32. The highest BCUT2D eigenvalue weighted by Gasteiger charge is 2.42. The number of nitrogens with one attached hydrogen (secondary N) is 1. The van der Waals surface area contributed by atoms with Crippen LogP contribution in [0.4, 0.5) is 5.69 Å². The Morgan fingerprint density at radius 1 is 1.52 bits per heavy atom. The van der Waals surface area contributed by atoms with Crippen molar-refractivity contribution in [2.45, 2.75) is 37.9 Å². The number of nitro groups is 1. The first kappa shape index (κ1) is 14.2. The van der Waals surface area contributed by atoms with Gasteiger partial charge in [-0.1, -0.05) is 0 Å². The second-order valence-electron chi connectivity index (χ2n) is 5.78. The normalized spacial score (nSPS) is 24.1. The van der Waals surface area contributed by atoms with E-state index in [2.05, 4.69) is 10.3 Å². The van der Waals surface area contributed by atoms with Gasteiger partial charge in [0.15, 0.2) is 0 Å². The van der Waals surface area contributed by atoms with Crippen molar-refractivity contribution in [3.63, 3.8) is 0 Å². The van der Waals surface area contributed by atoms with Crippen LogP contribution in [0.5, 0.6) is 5.88 Å². The largest absolute Gasteiger partial charge is 0.467 e. The first-order valence-electron chi connectivity index (χ1n) is 7.20. The molecule has 2 aliphatic heterocycles. The van der Waals surface area contributed by atoms with Crippen molar-refractivity contribution < 1.29 is 14.4 Å². The molecule has 1 unspecified atom stereocenters. The van der Waals surface area contributed by atoms with Gasteiger partial charge in [-0.3, -0.25) is 10.1 Å². The standard InChI is InChI=1S/C14H19N3O4/c1-10-6-12(17(18)19)13(16-8-10)21-11-7-14(20-9-11)2-4-15-5-3-14/h6,8,11,15H,2-5,7,9H2,1H3. The number of ether oxygens (including phenoxy) is 2. The van der Waals surface area contributed by atoms with Gasteiger partial charge in [0.05, 0.1) is 17.1 Å². The Morgan fingerprint density at radius 2 is 2.29 bits per heavy atom. The Kier molecular flexibility index (Phi) is 3.77. The zero-order chi connectivity index (χ0) is 14.9. The van der Waals surface area contributed by atoms with Gasteiger partial charge in [0.2, 0.25) is 0 Å². The van der Waals surface area contributed by atoms with E-state index >= 15 is 0 Å². The van der Waals surface area contributed by atoms with E-state index in [1.165, 1.54) is 6.07 Å². The van der Waals surface area contributed by atoms with Crippen molar-refractivity contribution in [1.82, 2.24) is 10.3 Å². The average Bonchev–Trinajstić information content (AvgIpc) is 2.84. The first-order chi connectivity index (χ1) is 10.1. The monoisotopic (exact) mass is 293 g/mol. The van der Waals surface area contributed by atoms with Gasteiger partial charge in [0.1, 0.15) is 6.10 Å². The van der Waals surface area contributed by atoms with Gasteiger partial charge in [-0.05, 0) is 38.4 Å². The van der Waals surface area contributed by atoms with E-state index in [-0.39, 0.29) is 23.3 Å². The highest BCUT2D eigenvalue weighted by atomic mass is 16.6. The van der Waals surface area contributed by atoms with Crippen molar-refractivity contribution in [3.8, 4) is 5.88 Å². The van der Waals surface area contributed by atoms with Crippen LogP contribution in [0.2, 0.25) is 0 Å². The van der Waals surface area contributed by atoms with Crippen LogP contribution < -0.4 is 10.1 Å². The highest BCUT2D eigenvalue weighted by Crippen LogP contribution is 2.36. The minimum absolute atomic E-state index is 0.0822. The summed E-state index contributed by atoms with van der Waals surface area (Å²) in [7, 11) is 0. The third-order valence-electron chi connectivity index (χ3n) is 4.13. The molecule has 0 aliphatic carbocycles. The number of hydrogen-bond acceptors (Lipinski definition) is 6. The summed E-state index contributed by atoms with van der Waals surface area (Å²) in [5.41, 5.74) is 0.530. The van der Waals surface area contributed by atoms with Gasteiger partial charge in [-0.2, -0.15) is 0 Å². The molecule has 0 radical (unpaired) electrons. The summed E-state index contributed by atoms with van der Waals surface area (Å²) >= 11 is 0. The Morgan fingerprint density at radius 3 is 3.00 bits per heavy atom. The molecule has 1 aromatic heterocycles. The van der Waals surface area contributed by atoms with E-state index in [1.54, 1.807) is 13.1 Å². The summed E-state index contributed by atoms with van der Waals surface area (Å²) in [4.78, 5) is 14.7. The fraction of sp³-hybridized carbons (Fsp3) is 0.643. The first-order valence-corrected chi connectivity index (χ1v) is 7.20. The van der Waals surface area contributed by atoms with Crippen molar-refractivity contribution in [2.24, 2.45) is 0 Å². The van der Waals surface area contributed by atoms with E-state index in [9.17, 15) is 10.1 Å². The molecular formula is C14H19N3O4. The molecule has 1 atom stereocenters. The molecule has 2 fully saturated rings. The Labute approximate surface area is 122 Å². The molecule has 0 bridgehead atoms. The van der Waals surface area contributed by atoms with Crippen LogP contribution in [0, 0.1) is 17.0 Å². The third-order valence-corrected chi connectivity index (χ3v) is 4.13. The SMILES string of the molecule is Cc1cnc(OC2COC3(CCNCC3)C2)c([N+](=O)[O-])c1. The number of rotatable bonds is 3. The van der Waals surface area contributed by atoms with Gasteiger partial charge in [-0.15, -0.1) is 0 Å². The van der Waals surface area contributed by atoms with Crippen molar-refractivity contribution >= 4 is 5.69 Å².